The molecule has 0 aliphatic carbocycles. The lowest BCUT2D eigenvalue weighted by Gasteiger charge is -2.10. The van der Waals surface area contributed by atoms with Crippen molar-refractivity contribution in [3.63, 3.8) is 0 Å². The Bertz CT molecular complexity index is 3430. The molecule has 0 saturated carbocycles. The Labute approximate surface area is 344 Å². The van der Waals surface area contributed by atoms with Crippen LogP contribution in [0.4, 0.5) is 46.0 Å². The zero-order chi connectivity index (χ0) is 43.9. The number of nitrogens with zero attached hydrogens (tertiary/aromatic N) is 7. The van der Waals surface area contributed by atoms with Crippen molar-refractivity contribution in [3.8, 4) is 6.01 Å². The topological polar surface area (TPSA) is 350 Å². The molecule has 22 nitrogen and oxygen atoms in total. The van der Waals surface area contributed by atoms with Gasteiger partial charge in [0.2, 0.25) is 11.9 Å². The number of rotatable bonds is 12. The Morgan fingerprint density at radius 2 is 0.869 bits per heavy atom. The second-order valence-electron chi connectivity index (χ2n) is 12.5. The van der Waals surface area contributed by atoms with Gasteiger partial charge in [0.15, 0.2) is 0 Å². The van der Waals surface area contributed by atoms with Gasteiger partial charge in [0, 0.05) is 32.9 Å². The summed E-state index contributed by atoms with van der Waals surface area (Å²) >= 11 is 0. The summed E-state index contributed by atoms with van der Waals surface area (Å²) in [6.45, 7) is 0. The van der Waals surface area contributed by atoms with Crippen LogP contribution in [0.15, 0.2) is 149 Å². The van der Waals surface area contributed by atoms with Gasteiger partial charge in [0.1, 0.15) is 25.3 Å². The second-order valence-corrected chi connectivity index (χ2v) is 18.0. The predicted octanol–water partition coefficient (Wildman–Crippen LogP) is 7.19. The van der Waals surface area contributed by atoms with E-state index >= 15 is 0 Å². The van der Waals surface area contributed by atoms with E-state index in [1.54, 1.807) is 12.1 Å². The van der Waals surface area contributed by atoms with Gasteiger partial charge in [0.25, 0.3) is 40.5 Å². The number of hydrogen-bond acceptors (Lipinski definition) is 18. The standard InChI is InChI=1S/C35H25N9O13S4/c45-35-39-33(36-19-4-8-21(9-5-19)41-43-23-12-13-25-27(18-23)31(60(52,53)54)17-16-30(25)59(49,50)51)38-34(40-35)37-20-6-10-22(11-7-20)42-44-28-15-14-24-26(32(28)61(55,56)57)2-1-3-29(24)58(46,47)48/h1-18H,(H,46,47,48)(H,49,50,51)(H,52,53,54)(H,55,56,57)(H3,36,37,38,39,40,45)/b43-41+,44-42+. The first-order valence-corrected chi connectivity index (χ1v) is 22.4. The van der Waals surface area contributed by atoms with Gasteiger partial charge in [-0.05, 0) is 84.9 Å². The summed E-state index contributed by atoms with van der Waals surface area (Å²) in [5.41, 5.74) is 1.16. The maximum atomic E-state index is 12.3. The number of azo groups is 2. The van der Waals surface area contributed by atoms with Gasteiger partial charge >= 0.3 is 6.01 Å². The summed E-state index contributed by atoms with van der Waals surface area (Å²) in [7, 11) is -19.2. The molecule has 0 atom stereocenters. The Morgan fingerprint density at radius 1 is 0.426 bits per heavy atom. The third-order valence-electron chi connectivity index (χ3n) is 8.39. The summed E-state index contributed by atoms with van der Waals surface area (Å²) in [5, 5.41) is 31.3. The molecular formula is C35H25N9O13S4. The molecule has 1 heterocycles. The van der Waals surface area contributed by atoms with Crippen molar-refractivity contribution in [3.05, 3.63) is 109 Å². The van der Waals surface area contributed by atoms with E-state index in [-0.39, 0.29) is 50.5 Å². The predicted molar refractivity (Wildman–Crippen MR) is 216 cm³/mol. The van der Waals surface area contributed by atoms with Gasteiger partial charge < -0.3 is 15.7 Å². The third-order valence-corrected chi connectivity index (χ3v) is 12.1. The van der Waals surface area contributed by atoms with Crippen LogP contribution in [0.2, 0.25) is 0 Å². The molecule has 0 radical (unpaired) electrons. The fourth-order valence-corrected chi connectivity index (χ4v) is 8.76. The van der Waals surface area contributed by atoms with Crippen LogP contribution in [-0.4, -0.2) is 71.9 Å². The van der Waals surface area contributed by atoms with Crippen molar-refractivity contribution < 1.29 is 57.0 Å². The first-order valence-electron chi connectivity index (χ1n) is 16.7. The van der Waals surface area contributed by atoms with E-state index < -0.39 is 66.1 Å². The first kappa shape index (κ1) is 42.2. The molecule has 1 aromatic heterocycles. The van der Waals surface area contributed by atoms with Gasteiger partial charge in [-0.3, -0.25) is 18.2 Å². The smallest absolute Gasteiger partial charge is 0.320 e. The SMILES string of the molecule is O=S(=O)(O)c1ccc(S(=O)(=O)O)c2cc(/N=N/c3ccc(Nc4nc(O)nc(Nc5ccc(/N=N/c6ccc7c(S(=O)(=O)O)cccc7c6S(=O)(=O)O)cc5)n4)cc3)ccc12. The number of benzene rings is 6. The van der Waals surface area contributed by atoms with Crippen LogP contribution in [0.1, 0.15) is 0 Å². The molecule has 0 saturated heterocycles. The van der Waals surface area contributed by atoms with E-state index in [1.165, 1.54) is 72.8 Å². The number of aromatic nitrogens is 3. The number of aromatic hydroxyl groups is 1. The van der Waals surface area contributed by atoms with Crippen LogP contribution in [0.3, 0.4) is 0 Å². The van der Waals surface area contributed by atoms with Crippen molar-refractivity contribution in [1.82, 2.24) is 15.0 Å². The number of hydrogen-bond donors (Lipinski definition) is 7. The summed E-state index contributed by atoms with van der Waals surface area (Å²) in [5.74, 6) is -0.150. The summed E-state index contributed by atoms with van der Waals surface area (Å²) in [4.78, 5) is 9.49. The molecule has 7 aromatic rings. The number of fused-ring (bicyclic) bond motifs is 2. The molecule has 0 amide bonds. The Balaban J connectivity index is 1.04. The molecule has 0 unspecified atom stereocenters. The van der Waals surface area contributed by atoms with E-state index in [2.05, 4.69) is 46.0 Å². The number of nitrogens with one attached hydrogen (secondary N) is 2. The summed E-state index contributed by atoms with van der Waals surface area (Å²) < 4.78 is 135. The van der Waals surface area contributed by atoms with Crippen LogP contribution in [0.5, 0.6) is 6.01 Å². The summed E-state index contributed by atoms with van der Waals surface area (Å²) in [6, 6.07) is 22.8. The Kier molecular flexibility index (Phi) is 11.0. The monoisotopic (exact) mass is 907 g/mol. The van der Waals surface area contributed by atoms with Crippen LogP contribution < -0.4 is 10.6 Å². The van der Waals surface area contributed by atoms with Gasteiger partial charge in [-0.2, -0.15) is 64.0 Å². The highest BCUT2D eigenvalue weighted by Crippen LogP contribution is 2.37. The zero-order valence-corrected chi connectivity index (χ0v) is 33.4. The average Bonchev–Trinajstić information content (AvgIpc) is 3.17. The van der Waals surface area contributed by atoms with Crippen molar-refractivity contribution >= 4 is 108 Å². The van der Waals surface area contributed by atoms with Gasteiger partial charge in [0.05, 0.1) is 17.1 Å². The maximum Gasteiger partial charge on any atom is 0.320 e. The minimum absolute atomic E-state index is 0.0707. The molecule has 26 heteroatoms. The Hall–Kier alpha value is -6.91. The van der Waals surface area contributed by atoms with Crippen LogP contribution in [0, 0.1) is 0 Å². The van der Waals surface area contributed by atoms with Crippen LogP contribution >= 0.6 is 0 Å². The molecule has 7 rings (SSSR count). The van der Waals surface area contributed by atoms with Crippen molar-refractivity contribution in [2.75, 3.05) is 10.6 Å². The van der Waals surface area contributed by atoms with E-state index in [0.29, 0.717) is 17.1 Å². The molecule has 0 aliphatic heterocycles. The lowest BCUT2D eigenvalue weighted by atomic mass is 10.1. The van der Waals surface area contributed by atoms with Crippen LogP contribution in [0.25, 0.3) is 21.5 Å². The highest BCUT2D eigenvalue weighted by molar-refractivity contribution is 7.87. The molecule has 0 fully saturated rings. The molecule has 312 valence electrons. The summed E-state index contributed by atoms with van der Waals surface area (Å²) in [6.07, 6.45) is 0. The third kappa shape index (κ3) is 9.61. The van der Waals surface area contributed by atoms with E-state index in [1.807, 2.05) is 0 Å². The normalized spacial score (nSPS) is 12.7. The van der Waals surface area contributed by atoms with E-state index in [9.17, 15) is 57.0 Å². The minimum atomic E-state index is -4.96. The van der Waals surface area contributed by atoms with Gasteiger partial charge in [-0.15, -0.1) is 5.11 Å². The average molecular weight is 908 g/mol. The quantitative estimate of drug-likeness (QED) is 0.0471. The fourth-order valence-electron chi connectivity index (χ4n) is 5.84. The molecule has 7 N–H and O–H groups in total. The van der Waals surface area contributed by atoms with Crippen molar-refractivity contribution in [2.45, 2.75) is 19.6 Å². The minimum Gasteiger partial charge on any atom is -0.479 e. The second kappa shape index (κ2) is 15.9. The molecule has 0 aliphatic rings. The van der Waals surface area contributed by atoms with Crippen molar-refractivity contribution in [2.24, 2.45) is 20.5 Å². The number of anilines is 4. The largest absolute Gasteiger partial charge is 0.479 e. The Morgan fingerprint density at radius 3 is 1.39 bits per heavy atom. The highest BCUT2D eigenvalue weighted by Gasteiger charge is 2.24. The highest BCUT2D eigenvalue weighted by atomic mass is 32.2. The maximum absolute atomic E-state index is 12.3. The lowest BCUT2D eigenvalue weighted by molar-refractivity contribution is 0.430. The zero-order valence-electron chi connectivity index (χ0n) is 30.2. The van der Waals surface area contributed by atoms with Crippen LogP contribution in [-0.2, 0) is 40.5 Å². The van der Waals surface area contributed by atoms with Crippen molar-refractivity contribution in [1.29, 1.82) is 0 Å². The fraction of sp³-hybridized carbons (Fsp3) is 0. The van der Waals surface area contributed by atoms with E-state index in [4.69, 9.17) is 0 Å². The molecular weight excluding hydrogens is 883 g/mol. The van der Waals surface area contributed by atoms with Gasteiger partial charge in [-0.25, -0.2) is 0 Å². The lowest BCUT2D eigenvalue weighted by Crippen LogP contribution is -2.03. The molecule has 0 spiro atoms. The first-order chi connectivity index (χ1) is 28.6. The van der Waals surface area contributed by atoms with Gasteiger partial charge in [-0.1, -0.05) is 24.3 Å². The molecule has 61 heavy (non-hydrogen) atoms. The molecule has 0 bridgehead atoms. The molecule has 6 aromatic carbocycles. The van der Waals surface area contributed by atoms with E-state index in [0.717, 1.165) is 24.3 Å².